The van der Waals surface area contributed by atoms with Crippen molar-refractivity contribution in [2.24, 2.45) is 0 Å². The first kappa shape index (κ1) is 26.2. The SMILES string of the molecule is CC1C(F)CC(C(=O)NCc2cc(N3CC(OC(F)(F)F)C3)ncn2)N1S(=O)(=O)c1ccc(F)cc1. The Kier molecular flexibility index (Phi) is 7.16. The molecule has 15 heteroatoms. The van der Waals surface area contributed by atoms with E-state index in [1.807, 2.05) is 0 Å². The summed E-state index contributed by atoms with van der Waals surface area (Å²) in [4.78, 5) is 22.2. The first-order valence-corrected chi connectivity index (χ1v) is 12.3. The predicted molar refractivity (Wildman–Crippen MR) is 115 cm³/mol. The van der Waals surface area contributed by atoms with Crippen LogP contribution in [0.15, 0.2) is 41.6 Å². The molecule has 1 amide bonds. The third kappa shape index (κ3) is 5.57. The Bertz CT molecular complexity index is 1210. The molecule has 9 nitrogen and oxygen atoms in total. The molecule has 36 heavy (non-hydrogen) atoms. The molecule has 1 N–H and O–H groups in total. The lowest BCUT2D eigenvalue weighted by Crippen LogP contribution is -2.54. The number of alkyl halides is 4. The Labute approximate surface area is 203 Å². The van der Waals surface area contributed by atoms with Crippen LogP contribution in [0.2, 0.25) is 0 Å². The topological polar surface area (TPSA) is 105 Å². The van der Waals surface area contributed by atoms with E-state index in [-0.39, 0.29) is 31.0 Å². The summed E-state index contributed by atoms with van der Waals surface area (Å²) in [5.74, 6) is -1.07. The lowest BCUT2D eigenvalue weighted by molar-refractivity contribution is -0.344. The molecule has 1 aromatic carbocycles. The average Bonchev–Trinajstić information content (AvgIpc) is 3.09. The number of anilines is 1. The van der Waals surface area contributed by atoms with Gasteiger partial charge in [0.15, 0.2) is 0 Å². The smallest absolute Gasteiger partial charge is 0.351 e. The maximum Gasteiger partial charge on any atom is 0.522 e. The van der Waals surface area contributed by atoms with Crippen molar-refractivity contribution in [2.75, 3.05) is 18.0 Å². The molecular weight excluding hydrogens is 513 g/mol. The molecule has 0 aliphatic carbocycles. The molecule has 3 atom stereocenters. The van der Waals surface area contributed by atoms with Gasteiger partial charge in [-0.3, -0.25) is 9.53 Å². The average molecular weight is 535 g/mol. The second-order valence-corrected chi connectivity index (χ2v) is 10.3. The predicted octanol–water partition coefficient (Wildman–Crippen LogP) is 2.15. The molecule has 4 rings (SSSR count). The van der Waals surface area contributed by atoms with Crippen molar-refractivity contribution in [3.63, 3.8) is 0 Å². The minimum atomic E-state index is -4.73. The lowest BCUT2D eigenvalue weighted by Gasteiger charge is -2.39. The summed E-state index contributed by atoms with van der Waals surface area (Å²) < 4.78 is 95.6. The number of amides is 1. The second kappa shape index (κ2) is 9.86. The molecule has 2 aliphatic rings. The normalized spacial score (nSPS) is 23.5. The summed E-state index contributed by atoms with van der Waals surface area (Å²) in [7, 11) is -4.31. The van der Waals surface area contributed by atoms with Crippen LogP contribution >= 0.6 is 0 Å². The van der Waals surface area contributed by atoms with Crippen molar-refractivity contribution >= 4 is 21.7 Å². The van der Waals surface area contributed by atoms with E-state index >= 15 is 0 Å². The highest BCUT2D eigenvalue weighted by atomic mass is 32.2. The van der Waals surface area contributed by atoms with Crippen LogP contribution in [0, 0.1) is 5.82 Å². The van der Waals surface area contributed by atoms with Gasteiger partial charge < -0.3 is 10.2 Å². The molecule has 1 aromatic heterocycles. The van der Waals surface area contributed by atoms with Gasteiger partial charge in [-0.15, -0.1) is 13.2 Å². The number of hydrogen-bond donors (Lipinski definition) is 1. The number of nitrogens with zero attached hydrogens (tertiary/aromatic N) is 4. The fraction of sp³-hybridized carbons (Fsp3) is 0.476. The van der Waals surface area contributed by atoms with Crippen LogP contribution in [0.25, 0.3) is 0 Å². The van der Waals surface area contributed by atoms with Gasteiger partial charge >= 0.3 is 6.36 Å². The van der Waals surface area contributed by atoms with Crippen molar-refractivity contribution in [3.8, 4) is 0 Å². The molecule has 3 heterocycles. The van der Waals surface area contributed by atoms with E-state index < -0.39 is 52.5 Å². The summed E-state index contributed by atoms with van der Waals surface area (Å²) in [5.41, 5.74) is 0.310. The Balaban J connectivity index is 1.41. The van der Waals surface area contributed by atoms with Gasteiger partial charge in [0.25, 0.3) is 0 Å². The fourth-order valence-electron chi connectivity index (χ4n) is 4.13. The Morgan fingerprint density at radius 1 is 1.19 bits per heavy atom. The lowest BCUT2D eigenvalue weighted by atomic mass is 10.1. The Morgan fingerprint density at radius 3 is 2.50 bits per heavy atom. The molecule has 0 saturated carbocycles. The maximum atomic E-state index is 14.5. The highest BCUT2D eigenvalue weighted by Crippen LogP contribution is 2.33. The van der Waals surface area contributed by atoms with Gasteiger partial charge in [-0.2, -0.15) is 4.31 Å². The van der Waals surface area contributed by atoms with Crippen LogP contribution in [-0.4, -0.2) is 72.4 Å². The van der Waals surface area contributed by atoms with E-state index in [1.165, 1.54) is 24.2 Å². The zero-order valence-corrected chi connectivity index (χ0v) is 19.6. The van der Waals surface area contributed by atoms with Crippen molar-refractivity contribution in [2.45, 2.75) is 55.5 Å². The summed E-state index contributed by atoms with van der Waals surface area (Å²) in [5, 5.41) is 2.53. The summed E-state index contributed by atoms with van der Waals surface area (Å²) in [6.07, 6.45) is -6.53. The van der Waals surface area contributed by atoms with E-state index in [2.05, 4.69) is 20.0 Å². The van der Waals surface area contributed by atoms with Gasteiger partial charge in [-0.1, -0.05) is 0 Å². The third-order valence-corrected chi connectivity index (χ3v) is 8.01. The molecule has 196 valence electrons. The molecule has 2 saturated heterocycles. The highest BCUT2D eigenvalue weighted by molar-refractivity contribution is 7.89. The van der Waals surface area contributed by atoms with Crippen LogP contribution in [0.1, 0.15) is 19.0 Å². The van der Waals surface area contributed by atoms with Crippen LogP contribution in [0.5, 0.6) is 0 Å². The second-order valence-electron chi connectivity index (χ2n) is 8.47. The quantitative estimate of drug-likeness (QED) is 0.542. The van der Waals surface area contributed by atoms with Gasteiger partial charge in [-0.25, -0.2) is 27.2 Å². The van der Waals surface area contributed by atoms with Crippen molar-refractivity contribution in [1.82, 2.24) is 19.6 Å². The number of aromatic nitrogens is 2. The van der Waals surface area contributed by atoms with E-state index in [1.54, 1.807) is 0 Å². The standard InChI is InChI=1S/C21H22F5N5O4S/c1-12-17(23)7-18(31(12)36(33,34)16-4-2-13(22)3-5-16)20(32)27-8-14-6-19(29-11-28-14)30-9-15(10-30)35-21(24,25)26/h2-6,11-12,15,17-18H,7-10H2,1H3,(H,27,32). The zero-order valence-electron chi connectivity index (χ0n) is 18.8. The molecule has 3 unspecified atom stereocenters. The van der Waals surface area contributed by atoms with Crippen molar-refractivity contribution in [1.29, 1.82) is 0 Å². The molecule has 0 radical (unpaired) electrons. The van der Waals surface area contributed by atoms with Crippen LogP contribution in [0.4, 0.5) is 27.8 Å². The van der Waals surface area contributed by atoms with E-state index in [0.29, 0.717) is 11.5 Å². The first-order chi connectivity index (χ1) is 16.8. The number of sulfonamides is 1. The van der Waals surface area contributed by atoms with Crippen LogP contribution < -0.4 is 10.2 Å². The van der Waals surface area contributed by atoms with Crippen LogP contribution in [0.3, 0.4) is 0 Å². The van der Waals surface area contributed by atoms with Gasteiger partial charge in [0.2, 0.25) is 15.9 Å². The molecule has 2 fully saturated rings. The molecule has 0 bridgehead atoms. The zero-order chi connectivity index (χ0) is 26.3. The number of benzene rings is 1. The number of nitrogens with one attached hydrogen (secondary N) is 1. The third-order valence-electron chi connectivity index (χ3n) is 6.00. The van der Waals surface area contributed by atoms with E-state index in [4.69, 9.17) is 0 Å². The number of hydrogen-bond acceptors (Lipinski definition) is 7. The van der Waals surface area contributed by atoms with Crippen molar-refractivity contribution in [3.05, 3.63) is 48.2 Å². The largest absolute Gasteiger partial charge is 0.522 e. The molecule has 2 aromatic rings. The number of rotatable bonds is 7. The molecule has 2 aliphatic heterocycles. The number of halogens is 5. The van der Waals surface area contributed by atoms with Gasteiger partial charge in [-0.05, 0) is 31.2 Å². The number of carbonyl (C=O) groups is 1. The summed E-state index contributed by atoms with van der Waals surface area (Å²) in [6, 6.07) is 2.99. The highest BCUT2D eigenvalue weighted by Gasteiger charge is 2.49. The number of ether oxygens (including phenoxy) is 1. The first-order valence-electron chi connectivity index (χ1n) is 10.9. The Morgan fingerprint density at radius 2 is 1.86 bits per heavy atom. The maximum absolute atomic E-state index is 14.5. The summed E-state index contributed by atoms with van der Waals surface area (Å²) >= 11 is 0. The van der Waals surface area contributed by atoms with E-state index in [0.717, 1.165) is 28.6 Å². The van der Waals surface area contributed by atoms with Gasteiger partial charge in [0.1, 0.15) is 36.3 Å². The van der Waals surface area contributed by atoms with Gasteiger partial charge in [0.05, 0.1) is 23.2 Å². The van der Waals surface area contributed by atoms with E-state index in [9.17, 15) is 35.2 Å². The minimum absolute atomic E-state index is 0.0314. The minimum Gasteiger partial charge on any atom is -0.351 e. The Hall–Kier alpha value is -2.91. The van der Waals surface area contributed by atoms with Gasteiger partial charge in [0, 0.05) is 25.6 Å². The monoisotopic (exact) mass is 535 g/mol. The van der Waals surface area contributed by atoms with Crippen LogP contribution in [-0.2, 0) is 26.1 Å². The number of carbonyl (C=O) groups excluding carboxylic acids is 1. The molecular formula is C21H22F5N5O4S. The molecule has 0 spiro atoms. The van der Waals surface area contributed by atoms with Crippen molar-refractivity contribution < 1.29 is 39.9 Å². The fourth-order valence-corrected chi connectivity index (χ4v) is 5.94. The summed E-state index contributed by atoms with van der Waals surface area (Å²) in [6.45, 7) is 1.13.